The molecule has 2 rings (SSSR count). The van der Waals surface area contributed by atoms with Crippen LogP contribution >= 0.6 is 11.3 Å². The lowest BCUT2D eigenvalue weighted by Gasteiger charge is -2.26. The van der Waals surface area contributed by atoms with Crippen LogP contribution in [0.25, 0.3) is 0 Å². The lowest BCUT2D eigenvalue weighted by molar-refractivity contribution is 0.440. The molecule has 1 aromatic heterocycles. The maximum Gasteiger partial charge on any atom is 0.151 e. The van der Waals surface area contributed by atoms with Crippen molar-refractivity contribution in [1.82, 2.24) is 5.32 Å². The van der Waals surface area contributed by atoms with E-state index in [2.05, 4.69) is 31.3 Å². The number of hydrogen-bond donors (Lipinski definition) is 1. The highest BCUT2D eigenvalue weighted by molar-refractivity contribution is 7.91. The molecule has 1 aliphatic heterocycles. The van der Waals surface area contributed by atoms with E-state index in [9.17, 15) is 8.42 Å². The highest BCUT2D eigenvalue weighted by Crippen LogP contribution is 2.25. The molecule has 2 atom stereocenters. The fraction of sp³-hybridized carbons (Fsp3) is 0.692. The van der Waals surface area contributed by atoms with Crippen LogP contribution in [0.5, 0.6) is 0 Å². The Morgan fingerprint density at radius 2 is 2.28 bits per heavy atom. The molecule has 3 nitrogen and oxygen atoms in total. The van der Waals surface area contributed by atoms with Crippen molar-refractivity contribution in [2.75, 3.05) is 11.5 Å². The first kappa shape index (κ1) is 14.0. The third-order valence-corrected chi connectivity index (χ3v) is 6.64. The van der Waals surface area contributed by atoms with Gasteiger partial charge in [-0.2, -0.15) is 0 Å². The van der Waals surface area contributed by atoms with Crippen molar-refractivity contribution >= 4 is 21.2 Å². The van der Waals surface area contributed by atoms with Crippen LogP contribution in [0, 0.1) is 0 Å². The lowest BCUT2D eigenvalue weighted by Crippen LogP contribution is -2.41. The van der Waals surface area contributed by atoms with Crippen molar-refractivity contribution in [1.29, 1.82) is 0 Å². The number of aryl methyl sites for hydroxylation is 1. The Bertz CT molecular complexity index is 493. The van der Waals surface area contributed by atoms with Crippen LogP contribution in [0.2, 0.25) is 0 Å². The summed E-state index contributed by atoms with van der Waals surface area (Å²) in [5.41, 5.74) is 0. The lowest BCUT2D eigenvalue weighted by atomic mass is 10.1. The average molecular weight is 287 g/mol. The summed E-state index contributed by atoms with van der Waals surface area (Å²) in [6, 6.07) is 4.67. The minimum atomic E-state index is -2.82. The van der Waals surface area contributed by atoms with Crippen LogP contribution in [0.4, 0.5) is 0 Å². The predicted molar refractivity (Wildman–Crippen MR) is 76.9 cm³/mol. The van der Waals surface area contributed by atoms with Crippen molar-refractivity contribution in [3.8, 4) is 0 Å². The minimum absolute atomic E-state index is 0.117. The van der Waals surface area contributed by atoms with E-state index in [0.29, 0.717) is 11.5 Å². The summed E-state index contributed by atoms with van der Waals surface area (Å²) in [6.07, 6.45) is 2.82. The Kier molecular flexibility index (Phi) is 4.45. The Balaban J connectivity index is 1.96. The molecule has 0 aromatic carbocycles. The van der Waals surface area contributed by atoms with Gasteiger partial charge in [0.2, 0.25) is 0 Å². The normalized spacial score (nSPS) is 24.9. The summed E-state index contributed by atoms with van der Waals surface area (Å²) in [5, 5.41) is 3.46. The molecule has 0 spiro atoms. The van der Waals surface area contributed by atoms with Crippen LogP contribution in [0.3, 0.4) is 0 Å². The Hall–Kier alpha value is -0.390. The smallest absolute Gasteiger partial charge is 0.151 e. The van der Waals surface area contributed by atoms with Gasteiger partial charge in [-0.3, -0.25) is 0 Å². The average Bonchev–Trinajstić information content (AvgIpc) is 2.76. The summed E-state index contributed by atoms with van der Waals surface area (Å²) in [7, 11) is -2.82. The van der Waals surface area contributed by atoms with E-state index in [1.807, 2.05) is 11.3 Å². The number of hydrogen-bond acceptors (Lipinski definition) is 4. The fourth-order valence-electron chi connectivity index (χ4n) is 2.41. The second kappa shape index (κ2) is 5.72. The van der Waals surface area contributed by atoms with E-state index in [1.54, 1.807) is 0 Å². The standard InChI is InChI=1S/C13H21NO2S2/c1-3-12-6-7-13(17-12)10(2)14-11-5-4-8-18(15,16)9-11/h6-7,10-11,14H,3-5,8-9H2,1-2H3. The second-order valence-corrected chi connectivity index (χ2v) is 8.43. The summed E-state index contributed by atoms with van der Waals surface area (Å²) < 4.78 is 23.2. The topological polar surface area (TPSA) is 46.2 Å². The van der Waals surface area contributed by atoms with E-state index in [4.69, 9.17) is 0 Å². The van der Waals surface area contributed by atoms with Crippen molar-refractivity contribution in [3.63, 3.8) is 0 Å². The van der Waals surface area contributed by atoms with Gasteiger partial charge < -0.3 is 5.32 Å². The third kappa shape index (κ3) is 3.56. The fourth-order valence-corrected chi connectivity index (χ4v) is 5.02. The summed E-state index contributed by atoms with van der Waals surface area (Å²) in [6.45, 7) is 4.27. The first-order chi connectivity index (χ1) is 8.50. The molecule has 1 aromatic rings. The second-order valence-electron chi connectivity index (χ2n) is 5.00. The van der Waals surface area contributed by atoms with E-state index >= 15 is 0 Å². The van der Waals surface area contributed by atoms with Gasteiger partial charge in [0.05, 0.1) is 11.5 Å². The molecular formula is C13H21NO2S2. The van der Waals surface area contributed by atoms with E-state index in [1.165, 1.54) is 9.75 Å². The van der Waals surface area contributed by atoms with Crippen LogP contribution in [-0.4, -0.2) is 26.0 Å². The summed E-state index contributed by atoms with van der Waals surface area (Å²) in [5.74, 6) is 0.655. The molecule has 1 fully saturated rings. The number of thiophene rings is 1. The van der Waals surface area contributed by atoms with Crippen molar-refractivity contribution in [3.05, 3.63) is 21.9 Å². The maximum atomic E-state index is 11.6. The zero-order valence-corrected chi connectivity index (χ0v) is 12.6. The Morgan fingerprint density at radius 1 is 1.50 bits per heavy atom. The van der Waals surface area contributed by atoms with E-state index in [-0.39, 0.29) is 12.1 Å². The molecule has 0 aliphatic carbocycles. The zero-order chi connectivity index (χ0) is 13.2. The van der Waals surface area contributed by atoms with Crippen LogP contribution in [-0.2, 0) is 16.3 Å². The predicted octanol–water partition coefficient (Wildman–Crippen LogP) is 2.54. The van der Waals surface area contributed by atoms with Crippen LogP contribution < -0.4 is 5.32 Å². The van der Waals surface area contributed by atoms with Crippen molar-refractivity contribution < 1.29 is 8.42 Å². The molecule has 0 radical (unpaired) electrons. The van der Waals surface area contributed by atoms with Crippen LogP contribution in [0.15, 0.2) is 12.1 Å². The van der Waals surface area contributed by atoms with Gasteiger partial charge in [0.25, 0.3) is 0 Å². The first-order valence-electron chi connectivity index (χ1n) is 6.55. The Morgan fingerprint density at radius 3 is 2.89 bits per heavy atom. The van der Waals surface area contributed by atoms with E-state index < -0.39 is 9.84 Å². The highest BCUT2D eigenvalue weighted by Gasteiger charge is 2.26. The van der Waals surface area contributed by atoms with E-state index in [0.717, 1.165) is 19.3 Å². The molecule has 1 aliphatic rings. The molecule has 0 bridgehead atoms. The van der Waals surface area contributed by atoms with Gasteiger partial charge >= 0.3 is 0 Å². The molecule has 102 valence electrons. The van der Waals surface area contributed by atoms with Gasteiger partial charge in [-0.15, -0.1) is 11.3 Å². The van der Waals surface area contributed by atoms with Gasteiger partial charge in [-0.05, 0) is 38.3 Å². The SMILES string of the molecule is CCc1ccc(C(C)NC2CCCS(=O)(=O)C2)s1. The number of sulfone groups is 1. The zero-order valence-electron chi connectivity index (χ0n) is 11.0. The van der Waals surface area contributed by atoms with Gasteiger partial charge in [-0.1, -0.05) is 6.92 Å². The Labute approximate surface area is 114 Å². The van der Waals surface area contributed by atoms with Gasteiger partial charge in [0, 0.05) is 21.8 Å². The highest BCUT2D eigenvalue weighted by atomic mass is 32.2. The monoisotopic (exact) mass is 287 g/mol. The summed E-state index contributed by atoms with van der Waals surface area (Å²) >= 11 is 1.82. The maximum absolute atomic E-state index is 11.6. The van der Waals surface area contributed by atoms with Crippen LogP contribution in [0.1, 0.15) is 42.5 Å². The largest absolute Gasteiger partial charge is 0.306 e. The minimum Gasteiger partial charge on any atom is -0.306 e. The molecule has 5 heteroatoms. The van der Waals surface area contributed by atoms with Crippen molar-refractivity contribution in [2.45, 2.75) is 45.2 Å². The first-order valence-corrected chi connectivity index (χ1v) is 9.19. The molecule has 1 N–H and O–H groups in total. The van der Waals surface area contributed by atoms with Gasteiger partial charge in [0.15, 0.2) is 9.84 Å². The van der Waals surface area contributed by atoms with Gasteiger partial charge in [0.1, 0.15) is 0 Å². The molecule has 18 heavy (non-hydrogen) atoms. The quantitative estimate of drug-likeness (QED) is 0.925. The van der Waals surface area contributed by atoms with Crippen molar-refractivity contribution in [2.24, 2.45) is 0 Å². The molecule has 2 heterocycles. The van der Waals surface area contributed by atoms with Gasteiger partial charge in [-0.25, -0.2) is 8.42 Å². The third-order valence-electron chi connectivity index (χ3n) is 3.41. The molecule has 2 unspecified atom stereocenters. The number of rotatable bonds is 4. The molecule has 0 saturated carbocycles. The molecule has 1 saturated heterocycles. The summed E-state index contributed by atoms with van der Waals surface area (Å²) in [4.78, 5) is 2.68. The number of nitrogens with one attached hydrogen (secondary N) is 1. The molecular weight excluding hydrogens is 266 g/mol. The molecule has 0 amide bonds.